The average Bonchev–Trinajstić information content (AvgIpc) is 3.03. The van der Waals surface area contributed by atoms with E-state index in [1.807, 2.05) is 38.1 Å². The fraction of sp³-hybridized carbons (Fsp3) is 0.333. The van der Waals surface area contributed by atoms with Gasteiger partial charge in [-0.15, -0.1) is 0 Å². The molecule has 0 N–H and O–H groups in total. The molecule has 0 saturated carbocycles. The fourth-order valence-electron chi connectivity index (χ4n) is 2.74. The molecule has 7 heteroatoms. The summed E-state index contributed by atoms with van der Waals surface area (Å²) in [6.45, 7) is 5.83. The molecule has 25 heavy (non-hydrogen) atoms. The Bertz CT molecular complexity index is 957. The maximum absolute atomic E-state index is 12.8. The van der Waals surface area contributed by atoms with E-state index in [1.165, 1.54) is 17.1 Å². The van der Waals surface area contributed by atoms with E-state index in [4.69, 9.17) is 4.74 Å². The minimum Gasteiger partial charge on any atom is -0.464 e. The summed E-state index contributed by atoms with van der Waals surface area (Å²) < 4.78 is 7.99. The molecule has 3 rings (SSSR count). The lowest BCUT2D eigenvalue weighted by molar-refractivity contribution is -0.147. The second kappa shape index (κ2) is 6.88. The maximum Gasteiger partial charge on any atom is 0.329 e. The molecule has 0 saturated heterocycles. The number of carbonyl (C=O) groups excluding carboxylic acids is 1. The quantitative estimate of drug-likeness (QED) is 0.666. The molecule has 7 nitrogen and oxygen atoms in total. The number of hydrogen-bond donors (Lipinski definition) is 0. The van der Waals surface area contributed by atoms with Crippen molar-refractivity contribution in [2.24, 2.45) is 0 Å². The van der Waals surface area contributed by atoms with Gasteiger partial charge in [-0.2, -0.15) is 5.10 Å². The molecular formula is C18H20N4O3. The van der Waals surface area contributed by atoms with E-state index >= 15 is 0 Å². The number of ether oxygens (including phenoxy) is 1. The zero-order valence-electron chi connectivity index (χ0n) is 14.5. The summed E-state index contributed by atoms with van der Waals surface area (Å²) in [5.41, 5.74) is 2.12. The van der Waals surface area contributed by atoms with Crippen molar-refractivity contribution in [3.8, 4) is 5.69 Å². The van der Waals surface area contributed by atoms with Crippen molar-refractivity contribution >= 4 is 17.0 Å². The Hall–Kier alpha value is -2.96. The minimum atomic E-state index is -0.688. The van der Waals surface area contributed by atoms with E-state index < -0.39 is 12.0 Å². The van der Waals surface area contributed by atoms with Crippen LogP contribution >= 0.6 is 0 Å². The molecule has 2 aromatic heterocycles. The highest BCUT2D eigenvalue weighted by Crippen LogP contribution is 2.16. The number of nitrogens with zero attached hydrogens (tertiary/aromatic N) is 4. The van der Waals surface area contributed by atoms with Crippen molar-refractivity contribution in [1.82, 2.24) is 19.3 Å². The maximum atomic E-state index is 12.8. The van der Waals surface area contributed by atoms with Crippen LogP contribution in [0.25, 0.3) is 16.7 Å². The molecule has 3 aromatic rings. The summed E-state index contributed by atoms with van der Waals surface area (Å²) in [7, 11) is 0. The number of aryl methyl sites for hydroxylation is 1. The average molecular weight is 340 g/mol. The van der Waals surface area contributed by atoms with Gasteiger partial charge in [-0.05, 0) is 32.4 Å². The molecule has 0 unspecified atom stereocenters. The van der Waals surface area contributed by atoms with E-state index in [0.717, 1.165) is 11.3 Å². The van der Waals surface area contributed by atoms with Gasteiger partial charge in [0.05, 0.1) is 18.5 Å². The molecule has 0 aliphatic carbocycles. The Kier molecular flexibility index (Phi) is 4.65. The van der Waals surface area contributed by atoms with Crippen LogP contribution in [0.15, 0.2) is 41.6 Å². The third-order valence-electron chi connectivity index (χ3n) is 4.07. The highest BCUT2D eigenvalue weighted by molar-refractivity contribution is 5.77. The molecule has 0 amide bonds. The summed E-state index contributed by atoms with van der Waals surface area (Å²) >= 11 is 0. The van der Waals surface area contributed by atoms with E-state index in [1.54, 1.807) is 11.6 Å². The Morgan fingerprint density at radius 3 is 2.60 bits per heavy atom. The molecule has 130 valence electrons. The van der Waals surface area contributed by atoms with Crippen LogP contribution in [0, 0.1) is 6.92 Å². The number of rotatable bonds is 5. The first kappa shape index (κ1) is 16.9. The van der Waals surface area contributed by atoms with Gasteiger partial charge in [0.25, 0.3) is 5.56 Å². The van der Waals surface area contributed by atoms with Crippen LogP contribution in [-0.2, 0) is 9.53 Å². The van der Waals surface area contributed by atoms with Gasteiger partial charge in [0, 0.05) is 0 Å². The first-order valence-electron chi connectivity index (χ1n) is 8.25. The lowest BCUT2D eigenvalue weighted by Crippen LogP contribution is -2.31. The predicted octanol–water partition coefficient (Wildman–Crippen LogP) is 2.40. The normalized spacial score (nSPS) is 12.3. The Morgan fingerprint density at radius 2 is 1.96 bits per heavy atom. The molecule has 0 radical (unpaired) electrons. The van der Waals surface area contributed by atoms with Gasteiger partial charge in [-0.3, -0.25) is 9.36 Å². The van der Waals surface area contributed by atoms with Crippen LogP contribution in [0.1, 0.15) is 31.9 Å². The Morgan fingerprint density at radius 1 is 1.24 bits per heavy atom. The third kappa shape index (κ3) is 3.05. The van der Waals surface area contributed by atoms with Gasteiger partial charge >= 0.3 is 5.97 Å². The number of esters is 1. The van der Waals surface area contributed by atoms with E-state index in [2.05, 4.69) is 10.1 Å². The zero-order chi connectivity index (χ0) is 18.0. The topological polar surface area (TPSA) is 79.0 Å². The first-order chi connectivity index (χ1) is 12.1. The SMILES string of the molecule is CCOC(=O)[C@@H](CC)n1cnc2c(cnn2-c2ccc(C)cc2)c1=O. The number of fused-ring (bicyclic) bond motifs is 1. The predicted molar refractivity (Wildman–Crippen MR) is 93.8 cm³/mol. The van der Waals surface area contributed by atoms with Crippen molar-refractivity contribution in [3.05, 3.63) is 52.7 Å². The summed E-state index contributed by atoms with van der Waals surface area (Å²) in [5.74, 6) is -0.431. The number of carbonyl (C=O) groups is 1. The van der Waals surface area contributed by atoms with Crippen LogP contribution in [0.2, 0.25) is 0 Å². The first-order valence-corrected chi connectivity index (χ1v) is 8.25. The Labute approximate surface area is 144 Å². The van der Waals surface area contributed by atoms with Gasteiger partial charge in [-0.1, -0.05) is 24.6 Å². The molecular weight excluding hydrogens is 320 g/mol. The third-order valence-corrected chi connectivity index (χ3v) is 4.07. The van der Waals surface area contributed by atoms with Crippen LogP contribution in [0.4, 0.5) is 0 Å². The van der Waals surface area contributed by atoms with Crippen molar-refractivity contribution in [1.29, 1.82) is 0 Å². The minimum absolute atomic E-state index is 0.269. The van der Waals surface area contributed by atoms with E-state index in [-0.39, 0.29) is 12.2 Å². The van der Waals surface area contributed by atoms with Gasteiger partial charge < -0.3 is 4.74 Å². The fourth-order valence-corrected chi connectivity index (χ4v) is 2.74. The number of benzene rings is 1. The monoisotopic (exact) mass is 340 g/mol. The largest absolute Gasteiger partial charge is 0.464 e. The van der Waals surface area contributed by atoms with Crippen LogP contribution in [0.3, 0.4) is 0 Å². The van der Waals surface area contributed by atoms with Crippen LogP contribution in [0.5, 0.6) is 0 Å². The van der Waals surface area contributed by atoms with Gasteiger partial charge in [0.15, 0.2) is 5.65 Å². The standard InChI is InChI=1S/C18H20N4O3/c1-4-15(18(24)25-5-2)21-11-19-16-14(17(21)23)10-20-22(16)13-8-6-12(3)7-9-13/h6-11,15H,4-5H2,1-3H3/t15-/m1/s1. The van der Waals surface area contributed by atoms with Gasteiger partial charge in [-0.25, -0.2) is 14.5 Å². The molecule has 0 aliphatic rings. The molecule has 0 fully saturated rings. The second-order valence-corrected chi connectivity index (χ2v) is 5.76. The summed E-state index contributed by atoms with van der Waals surface area (Å²) in [4.78, 5) is 29.3. The molecule has 0 aliphatic heterocycles. The second-order valence-electron chi connectivity index (χ2n) is 5.76. The molecule has 2 heterocycles. The van der Waals surface area contributed by atoms with Gasteiger partial charge in [0.2, 0.25) is 0 Å². The van der Waals surface area contributed by atoms with E-state index in [9.17, 15) is 9.59 Å². The molecule has 0 spiro atoms. The van der Waals surface area contributed by atoms with Crippen LogP contribution in [-0.4, -0.2) is 31.9 Å². The highest BCUT2D eigenvalue weighted by atomic mass is 16.5. The summed E-state index contributed by atoms with van der Waals surface area (Å²) in [6.07, 6.45) is 3.32. The number of hydrogen-bond acceptors (Lipinski definition) is 5. The lowest BCUT2D eigenvalue weighted by Gasteiger charge is -2.16. The van der Waals surface area contributed by atoms with Crippen molar-refractivity contribution in [2.75, 3.05) is 6.61 Å². The van der Waals surface area contributed by atoms with Gasteiger partial charge in [0.1, 0.15) is 17.8 Å². The van der Waals surface area contributed by atoms with E-state index in [0.29, 0.717) is 17.5 Å². The Balaban J connectivity index is 2.09. The smallest absolute Gasteiger partial charge is 0.329 e. The summed E-state index contributed by atoms with van der Waals surface area (Å²) in [5, 5.41) is 4.65. The zero-order valence-corrected chi connectivity index (χ0v) is 14.5. The molecule has 1 aromatic carbocycles. The molecule has 1 atom stereocenters. The molecule has 0 bridgehead atoms. The van der Waals surface area contributed by atoms with Crippen molar-refractivity contribution < 1.29 is 9.53 Å². The summed E-state index contributed by atoms with van der Waals surface area (Å²) in [6, 6.07) is 7.09. The van der Waals surface area contributed by atoms with Crippen molar-refractivity contribution in [3.63, 3.8) is 0 Å². The number of aromatic nitrogens is 4. The highest BCUT2D eigenvalue weighted by Gasteiger charge is 2.23. The van der Waals surface area contributed by atoms with Crippen LogP contribution < -0.4 is 5.56 Å². The van der Waals surface area contributed by atoms with Crippen molar-refractivity contribution in [2.45, 2.75) is 33.2 Å². The lowest BCUT2D eigenvalue weighted by atomic mass is 10.2.